The smallest absolute Gasteiger partial charge is 0.308 e. The maximum atomic E-state index is 11.4. The molecule has 0 amide bonds. The number of hydrogen-bond acceptors (Lipinski definition) is 2. The first-order chi connectivity index (χ1) is 8.51. The Morgan fingerprint density at radius 3 is 2.22 bits per heavy atom. The summed E-state index contributed by atoms with van der Waals surface area (Å²) in [5.41, 5.74) is 0. The van der Waals surface area contributed by atoms with Crippen molar-refractivity contribution in [1.82, 2.24) is 0 Å². The van der Waals surface area contributed by atoms with E-state index >= 15 is 0 Å². The van der Waals surface area contributed by atoms with Crippen LogP contribution in [0, 0.1) is 17.8 Å². The van der Waals surface area contributed by atoms with E-state index in [1.54, 1.807) is 0 Å². The molecule has 0 saturated heterocycles. The minimum absolute atomic E-state index is 0.0392. The van der Waals surface area contributed by atoms with Crippen molar-refractivity contribution in [2.24, 2.45) is 17.8 Å². The summed E-state index contributed by atoms with van der Waals surface area (Å²) in [5.74, 6) is 1.36. The third-order valence-electron chi connectivity index (χ3n) is 3.71. The van der Waals surface area contributed by atoms with E-state index in [1.807, 2.05) is 6.92 Å². The predicted octanol–water partition coefficient (Wildman–Crippen LogP) is 4.82. The fourth-order valence-corrected chi connectivity index (χ4v) is 2.72. The second-order valence-corrected chi connectivity index (χ2v) is 5.96. The summed E-state index contributed by atoms with van der Waals surface area (Å²) >= 11 is 0. The van der Waals surface area contributed by atoms with Crippen LogP contribution in [-0.2, 0) is 9.53 Å². The van der Waals surface area contributed by atoms with Crippen LogP contribution in [0.3, 0.4) is 0 Å². The Morgan fingerprint density at radius 1 is 1.00 bits per heavy atom. The standard InChI is InChI=1S/C16H32O2/c1-6-7-8-9-10-13(2)11-14(3)12-15(4)16(17)18-5/h13-15H,6-12H2,1-5H3/t13-,14-,15+/m0/s1. The van der Waals surface area contributed by atoms with Crippen molar-refractivity contribution in [3.05, 3.63) is 0 Å². The highest BCUT2D eigenvalue weighted by Gasteiger charge is 2.18. The molecule has 0 saturated carbocycles. The first-order valence-electron chi connectivity index (χ1n) is 7.59. The molecular formula is C16H32O2. The normalized spacial score (nSPS) is 16.1. The van der Waals surface area contributed by atoms with Crippen molar-refractivity contribution in [3.63, 3.8) is 0 Å². The molecule has 0 aliphatic carbocycles. The van der Waals surface area contributed by atoms with E-state index in [0.717, 1.165) is 12.3 Å². The molecule has 3 atom stereocenters. The van der Waals surface area contributed by atoms with Gasteiger partial charge in [0, 0.05) is 0 Å². The predicted molar refractivity (Wildman–Crippen MR) is 77.5 cm³/mol. The van der Waals surface area contributed by atoms with Crippen LogP contribution in [0.2, 0.25) is 0 Å². The highest BCUT2D eigenvalue weighted by Crippen LogP contribution is 2.23. The third-order valence-corrected chi connectivity index (χ3v) is 3.71. The molecule has 0 bridgehead atoms. The van der Waals surface area contributed by atoms with E-state index in [0.29, 0.717) is 5.92 Å². The van der Waals surface area contributed by atoms with E-state index in [4.69, 9.17) is 4.74 Å². The lowest BCUT2D eigenvalue weighted by Gasteiger charge is -2.19. The summed E-state index contributed by atoms with van der Waals surface area (Å²) in [7, 11) is 1.47. The molecule has 0 aromatic rings. The van der Waals surface area contributed by atoms with Gasteiger partial charge in [-0.25, -0.2) is 0 Å². The molecule has 0 aliphatic rings. The van der Waals surface area contributed by atoms with Gasteiger partial charge >= 0.3 is 5.97 Å². The number of carbonyl (C=O) groups excluding carboxylic acids is 1. The highest BCUT2D eigenvalue weighted by molar-refractivity contribution is 5.71. The van der Waals surface area contributed by atoms with Gasteiger partial charge in [0.15, 0.2) is 0 Å². The van der Waals surface area contributed by atoms with Gasteiger partial charge in [0.25, 0.3) is 0 Å². The molecule has 2 nitrogen and oxygen atoms in total. The molecule has 0 N–H and O–H groups in total. The average molecular weight is 256 g/mol. The van der Waals surface area contributed by atoms with Crippen LogP contribution in [0.25, 0.3) is 0 Å². The lowest BCUT2D eigenvalue weighted by molar-refractivity contribution is -0.145. The molecule has 18 heavy (non-hydrogen) atoms. The van der Waals surface area contributed by atoms with E-state index in [2.05, 4.69) is 20.8 Å². The highest BCUT2D eigenvalue weighted by atomic mass is 16.5. The van der Waals surface area contributed by atoms with Crippen molar-refractivity contribution >= 4 is 5.97 Å². The summed E-state index contributed by atoms with van der Waals surface area (Å²) in [4.78, 5) is 11.4. The zero-order valence-electron chi connectivity index (χ0n) is 13.0. The SMILES string of the molecule is CCCCCC[C@H](C)C[C@H](C)C[C@@H](C)C(=O)OC. The van der Waals surface area contributed by atoms with Crippen LogP contribution >= 0.6 is 0 Å². The summed E-state index contributed by atoms with van der Waals surface area (Å²) < 4.78 is 4.77. The Morgan fingerprint density at radius 2 is 1.67 bits per heavy atom. The average Bonchev–Trinajstić information content (AvgIpc) is 2.33. The second kappa shape index (κ2) is 10.4. The van der Waals surface area contributed by atoms with Crippen LogP contribution < -0.4 is 0 Å². The van der Waals surface area contributed by atoms with Crippen molar-refractivity contribution < 1.29 is 9.53 Å². The molecule has 2 heteroatoms. The molecule has 0 radical (unpaired) electrons. The molecule has 0 aromatic heterocycles. The third kappa shape index (κ3) is 8.54. The van der Waals surface area contributed by atoms with Crippen molar-refractivity contribution in [3.8, 4) is 0 Å². The minimum atomic E-state index is -0.0718. The fourth-order valence-electron chi connectivity index (χ4n) is 2.72. The number of ether oxygens (including phenoxy) is 1. The van der Waals surface area contributed by atoms with Gasteiger partial charge < -0.3 is 4.74 Å². The lowest BCUT2D eigenvalue weighted by atomic mass is 9.87. The van der Waals surface area contributed by atoms with Crippen LogP contribution in [0.1, 0.15) is 72.6 Å². The van der Waals surface area contributed by atoms with E-state index < -0.39 is 0 Å². The Kier molecular flexibility index (Phi) is 10.1. The van der Waals surface area contributed by atoms with Crippen molar-refractivity contribution in [2.45, 2.75) is 72.6 Å². The molecular weight excluding hydrogens is 224 g/mol. The molecule has 0 heterocycles. The van der Waals surface area contributed by atoms with Crippen LogP contribution in [0.5, 0.6) is 0 Å². The Balaban J connectivity index is 3.72. The maximum absolute atomic E-state index is 11.4. The first kappa shape index (κ1) is 17.5. The zero-order valence-corrected chi connectivity index (χ0v) is 13.0. The number of hydrogen-bond donors (Lipinski definition) is 0. The quantitative estimate of drug-likeness (QED) is 0.414. The van der Waals surface area contributed by atoms with Crippen LogP contribution in [0.4, 0.5) is 0 Å². The molecule has 108 valence electrons. The Bertz CT molecular complexity index is 213. The van der Waals surface area contributed by atoms with E-state index in [9.17, 15) is 4.79 Å². The fraction of sp³-hybridized carbons (Fsp3) is 0.938. The summed E-state index contributed by atoms with van der Waals surface area (Å²) in [6, 6.07) is 0. The molecule has 0 spiro atoms. The summed E-state index contributed by atoms with van der Waals surface area (Å²) in [6.07, 6.45) is 8.90. The van der Waals surface area contributed by atoms with Gasteiger partial charge in [0.2, 0.25) is 0 Å². The van der Waals surface area contributed by atoms with Gasteiger partial charge in [-0.15, -0.1) is 0 Å². The van der Waals surface area contributed by atoms with Crippen LogP contribution in [-0.4, -0.2) is 13.1 Å². The molecule has 0 fully saturated rings. The summed E-state index contributed by atoms with van der Waals surface area (Å²) in [5, 5.41) is 0. The van der Waals surface area contributed by atoms with Gasteiger partial charge in [-0.05, 0) is 24.7 Å². The monoisotopic (exact) mass is 256 g/mol. The number of methoxy groups -OCH3 is 1. The zero-order chi connectivity index (χ0) is 14.0. The first-order valence-corrected chi connectivity index (χ1v) is 7.59. The van der Waals surface area contributed by atoms with Gasteiger partial charge in [-0.3, -0.25) is 4.79 Å². The maximum Gasteiger partial charge on any atom is 0.308 e. The topological polar surface area (TPSA) is 26.3 Å². The Hall–Kier alpha value is -0.530. The van der Waals surface area contributed by atoms with Crippen LogP contribution in [0.15, 0.2) is 0 Å². The molecule has 0 unspecified atom stereocenters. The second-order valence-electron chi connectivity index (χ2n) is 5.96. The van der Waals surface area contributed by atoms with Gasteiger partial charge in [0.05, 0.1) is 13.0 Å². The number of esters is 1. The molecule has 0 aliphatic heterocycles. The van der Waals surface area contributed by atoms with Crippen molar-refractivity contribution in [1.29, 1.82) is 0 Å². The lowest BCUT2D eigenvalue weighted by Crippen LogP contribution is -2.16. The minimum Gasteiger partial charge on any atom is -0.469 e. The van der Waals surface area contributed by atoms with Gasteiger partial charge in [0.1, 0.15) is 0 Å². The van der Waals surface area contributed by atoms with Gasteiger partial charge in [-0.2, -0.15) is 0 Å². The largest absolute Gasteiger partial charge is 0.469 e. The number of unbranched alkanes of at least 4 members (excludes halogenated alkanes) is 3. The molecule has 0 aromatic carbocycles. The molecule has 0 rings (SSSR count). The van der Waals surface area contributed by atoms with Gasteiger partial charge in [-0.1, -0.05) is 59.8 Å². The van der Waals surface area contributed by atoms with E-state index in [-0.39, 0.29) is 11.9 Å². The Labute approximate surface area is 113 Å². The van der Waals surface area contributed by atoms with Crippen molar-refractivity contribution in [2.75, 3.05) is 7.11 Å². The van der Waals surface area contributed by atoms with E-state index in [1.165, 1.54) is 45.6 Å². The number of rotatable bonds is 10. The summed E-state index contributed by atoms with van der Waals surface area (Å²) in [6.45, 7) is 8.81. The number of carbonyl (C=O) groups is 1.